The molecule has 1 saturated heterocycles. The van der Waals surface area contributed by atoms with Crippen LogP contribution in [0.1, 0.15) is 64.9 Å². The van der Waals surface area contributed by atoms with Crippen molar-refractivity contribution in [3.8, 4) is 17.0 Å². The first-order valence-electron chi connectivity index (χ1n) is 17.2. The van der Waals surface area contributed by atoms with E-state index in [4.69, 9.17) is 14.5 Å². The van der Waals surface area contributed by atoms with Crippen LogP contribution in [-0.2, 0) is 25.5 Å². The molecule has 2 heterocycles. The second kappa shape index (κ2) is 15.5. The van der Waals surface area contributed by atoms with Gasteiger partial charge in [0.25, 0.3) is 0 Å². The van der Waals surface area contributed by atoms with Crippen molar-refractivity contribution in [3.05, 3.63) is 72.8 Å². The van der Waals surface area contributed by atoms with Gasteiger partial charge in [0, 0.05) is 29.4 Å². The van der Waals surface area contributed by atoms with Crippen LogP contribution in [0.3, 0.4) is 0 Å². The summed E-state index contributed by atoms with van der Waals surface area (Å²) in [6.07, 6.45) is 3.76. The lowest BCUT2D eigenvalue weighted by Gasteiger charge is -2.29. The molecule has 3 amide bonds. The van der Waals surface area contributed by atoms with E-state index in [-0.39, 0.29) is 26.0 Å². The van der Waals surface area contributed by atoms with Gasteiger partial charge < -0.3 is 30.1 Å². The number of benzene rings is 2. The molecule has 0 unspecified atom stereocenters. The van der Waals surface area contributed by atoms with Gasteiger partial charge in [-0.05, 0) is 43.4 Å². The van der Waals surface area contributed by atoms with E-state index in [1.807, 2.05) is 68.4 Å². The fraction of sp³-hybridized carbons (Fsp3) is 0.447. The molecule has 1 saturated carbocycles. The normalized spacial score (nSPS) is 21.9. The zero-order chi connectivity index (χ0) is 35.1. The van der Waals surface area contributed by atoms with Crippen LogP contribution in [0.5, 0.6) is 5.75 Å². The van der Waals surface area contributed by atoms with Gasteiger partial charge in [0.15, 0.2) is 0 Å². The molecule has 11 heteroatoms. The minimum Gasteiger partial charge on any atom is -0.488 e. The minimum atomic E-state index is -1.47. The van der Waals surface area contributed by atoms with Crippen molar-refractivity contribution in [2.75, 3.05) is 13.2 Å². The van der Waals surface area contributed by atoms with Crippen LogP contribution >= 0.6 is 0 Å². The standard InChI is InChI=1S/C38H46N4O7/c1-5-9-15-30(40-37(47)48-18-6-2)35(44)42-23-27(20-32(42)34(43)41-38(36(45)46)22-26(38)8-4)49-33-21-31(25-13-11-10-12-14-25)39-29-17-16-24(7-3)19-28(29)33/h8,10-14,16-17,19,21,26-27,30,32H,4-7,9,15,18,20,22-23H2,1-3H3,(H,40,47)(H,41,43)(H,45,46)/t26-,27-,30+,32+,38-/m1/s1. The molecule has 2 aromatic carbocycles. The molecule has 3 N–H and O–H groups in total. The Morgan fingerprint density at radius 1 is 1.10 bits per heavy atom. The molecule has 2 aliphatic rings. The Labute approximate surface area is 287 Å². The van der Waals surface area contributed by atoms with Gasteiger partial charge >= 0.3 is 12.1 Å². The number of aromatic nitrogens is 1. The Morgan fingerprint density at radius 2 is 1.88 bits per heavy atom. The highest BCUT2D eigenvalue weighted by atomic mass is 16.5. The van der Waals surface area contributed by atoms with E-state index >= 15 is 0 Å². The first kappa shape index (κ1) is 35.4. The predicted octanol–water partition coefficient (Wildman–Crippen LogP) is 5.65. The van der Waals surface area contributed by atoms with Gasteiger partial charge in [-0.2, -0.15) is 0 Å². The third kappa shape index (κ3) is 7.87. The number of pyridine rings is 1. The number of carbonyl (C=O) groups is 4. The average molecular weight is 671 g/mol. The van der Waals surface area contributed by atoms with Crippen molar-refractivity contribution in [3.63, 3.8) is 0 Å². The highest BCUT2D eigenvalue weighted by Gasteiger charge is 2.61. The molecular weight excluding hydrogens is 624 g/mol. The highest BCUT2D eigenvalue weighted by Crippen LogP contribution is 2.45. The van der Waals surface area contributed by atoms with Crippen LogP contribution in [0.25, 0.3) is 22.2 Å². The molecule has 5 atom stereocenters. The molecule has 3 aromatic rings. The second-order valence-corrected chi connectivity index (χ2v) is 12.8. The first-order chi connectivity index (χ1) is 23.6. The fourth-order valence-electron chi connectivity index (χ4n) is 6.43. The smallest absolute Gasteiger partial charge is 0.407 e. The van der Waals surface area contributed by atoms with Crippen molar-refractivity contribution in [2.45, 2.75) is 89.4 Å². The number of aliphatic carboxylic acids is 1. The van der Waals surface area contributed by atoms with Crippen LogP contribution in [0.2, 0.25) is 0 Å². The van der Waals surface area contributed by atoms with Crippen molar-refractivity contribution >= 4 is 34.8 Å². The van der Waals surface area contributed by atoms with Gasteiger partial charge in [0.2, 0.25) is 11.8 Å². The van der Waals surface area contributed by atoms with E-state index in [1.165, 1.54) is 11.0 Å². The molecule has 5 rings (SSSR count). The van der Waals surface area contributed by atoms with E-state index < -0.39 is 53.5 Å². The lowest BCUT2D eigenvalue weighted by molar-refractivity contribution is -0.145. The van der Waals surface area contributed by atoms with Gasteiger partial charge in [-0.1, -0.05) is 76.1 Å². The Hall–Kier alpha value is -4.93. The molecule has 11 nitrogen and oxygen atoms in total. The SMILES string of the molecule is C=C[C@@H]1C[C@]1(NC(=O)[C@@H]1C[C@@H](Oc2cc(-c3ccccc3)nc3ccc(CC)cc23)CN1C(=O)[C@H](CCCC)NC(=O)OCCC)C(=O)O. The minimum absolute atomic E-state index is 0.0497. The number of carbonyl (C=O) groups excluding carboxylic acids is 3. The summed E-state index contributed by atoms with van der Waals surface area (Å²) in [5.41, 5.74) is 2.00. The summed E-state index contributed by atoms with van der Waals surface area (Å²) in [6, 6.07) is 15.7. The predicted molar refractivity (Wildman–Crippen MR) is 186 cm³/mol. The third-order valence-electron chi connectivity index (χ3n) is 9.36. The van der Waals surface area contributed by atoms with Crippen LogP contribution < -0.4 is 15.4 Å². The second-order valence-electron chi connectivity index (χ2n) is 12.8. The number of carboxylic acid groups (broad SMARTS) is 1. The maximum atomic E-state index is 14.2. The van der Waals surface area contributed by atoms with Gasteiger partial charge in [0.1, 0.15) is 29.5 Å². The number of ether oxygens (including phenoxy) is 2. The number of hydrogen-bond donors (Lipinski definition) is 3. The number of nitrogens with one attached hydrogen (secondary N) is 2. The quantitative estimate of drug-likeness (QED) is 0.176. The van der Waals surface area contributed by atoms with Crippen molar-refractivity contribution < 1.29 is 33.8 Å². The summed E-state index contributed by atoms with van der Waals surface area (Å²) >= 11 is 0. The molecule has 260 valence electrons. The number of amides is 3. The summed E-state index contributed by atoms with van der Waals surface area (Å²) in [5, 5.41) is 16.2. The third-order valence-corrected chi connectivity index (χ3v) is 9.36. The average Bonchev–Trinajstić information content (AvgIpc) is 3.68. The van der Waals surface area contributed by atoms with E-state index in [1.54, 1.807) is 0 Å². The fourth-order valence-corrected chi connectivity index (χ4v) is 6.43. The topological polar surface area (TPSA) is 147 Å². The summed E-state index contributed by atoms with van der Waals surface area (Å²) in [6.45, 7) is 9.90. The van der Waals surface area contributed by atoms with E-state index in [9.17, 15) is 24.3 Å². The maximum Gasteiger partial charge on any atom is 0.407 e. The van der Waals surface area contributed by atoms with Crippen LogP contribution in [0.4, 0.5) is 4.79 Å². The lowest BCUT2D eigenvalue weighted by Crippen LogP contribution is -2.56. The van der Waals surface area contributed by atoms with Gasteiger partial charge in [0.05, 0.1) is 24.4 Å². The van der Waals surface area contributed by atoms with Crippen LogP contribution in [0, 0.1) is 5.92 Å². The summed E-state index contributed by atoms with van der Waals surface area (Å²) in [5.74, 6) is -2.05. The van der Waals surface area contributed by atoms with E-state index in [0.717, 1.165) is 40.6 Å². The number of hydrogen-bond acceptors (Lipinski definition) is 7. The zero-order valence-electron chi connectivity index (χ0n) is 28.4. The monoisotopic (exact) mass is 670 g/mol. The molecule has 49 heavy (non-hydrogen) atoms. The Morgan fingerprint density at radius 3 is 2.53 bits per heavy atom. The van der Waals surface area contributed by atoms with Crippen molar-refractivity contribution in [1.82, 2.24) is 20.5 Å². The lowest BCUT2D eigenvalue weighted by atomic mass is 10.1. The van der Waals surface area contributed by atoms with Crippen molar-refractivity contribution in [2.24, 2.45) is 5.92 Å². The van der Waals surface area contributed by atoms with E-state index in [0.29, 0.717) is 25.0 Å². The van der Waals surface area contributed by atoms with Crippen LogP contribution in [-0.4, -0.2) is 75.7 Å². The van der Waals surface area contributed by atoms with E-state index in [2.05, 4.69) is 24.1 Å². The Bertz CT molecular complexity index is 1700. The number of nitrogens with zero attached hydrogens (tertiary/aromatic N) is 2. The molecule has 1 aliphatic heterocycles. The van der Waals surface area contributed by atoms with Gasteiger partial charge in [-0.15, -0.1) is 6.58 Å². The molecule has 2 fully saturated rings. The number of alkyl carbamates (subject to hydrolysis) is 1. The number of aryl methyl sites for hydroxylation is 1. The summed E-state index contributed by atoms with van der Waals surface area (Å²) < 4.78 is 11.9. The highest BCUT2D eigenvalue weighted by molar-refractivity contribution is 5.96. The maximum absolute atomic E-state index is 14.2. The molecular formula is C38H46N4O7. The van der Waals surface area contributed by atoms with Gasteiger partial charge in [-0.3, -0.25) is 9.59 Å². The number of unbranched alkanes of at least 4 members (excludes halogenated alkanes) is 1. The first-order valence-corrected chi connectivity index (χ1v) is 17.2. The molecule has 1 aliphatic carbocycles. The number of rotatable bonds is 15. The molecule has 0 spiro atoms. The Balaban J connectivity index is 1.48. The number of carboxylic acids is 1. The summed E-state index contributed by atoms with van der Waals surface area (Å²) in [4.78, 5) is 59.3. The molecule has 1 aromatic heterocycles. The van der Waals surface area contributed by atoms with Crippen molar-refractivity contribution in [1.29, 1.82) is 0 Å². The Kier molecular flexibility index (Phi) is 11.2. The summed E-state index contributed by atoms with van der Waals surface area (Å²) in [7, 11) is 0. The van der Waals surface area contributed by atoms with Crippen LogP contribution in [0.15, 0.2) is 67.3 Å². The number of fused-ring (bicyclic) bond motifs is 1. The van der Waals surface area contributed by atoms with Gasteiger partial charge in [-0.25, -0.2) is 14.6 Å². The molecule has 0 radical (unpaired) electrons. The number of likely N-dealkylation sites (tertiary alicyclic amines) is 1. The zero-order valence-corrected chi connectivity index (χ0v) is 28.4. The molecule has 0 bridgehead atoms. The largest absolute Gasteiger partial charge is 0.488 e.